The Labute approximate surface area is 342 Å². The number of carbonyl (C=O) groups excluding carboxylic acids is 5. The molecule has 8 rings (SSSR count). The number of amides is 5. The van der Waals surface area contributed by atoms with Gasteiger partial charge in [0.25, 0.3) is 17.7 Å². The van der Waals surface area contributed by atoms with Gasteiger partial charge in [0.2, 0.25) is 17.8 Å². The lowest BCUT2D eigenvalue weighted by Crippen LogP contribution is -2.54. The molecule has 1 atom stereocenters. The summed E-state index contributed by atoms with van der Waals surface area (Å²) >= 11 is 0. The number of piperidine rings is 1. The number of carbonyl (C=O) groups is 5. The molecule has 5 amide bonds. The quantitative estimate of drug-likeness (QED) is 0.124. The highest BCUT2D eigenvalue weighted by Gasteiger charge is 2.44. The topological polar surface area (TPSA) is 176 Å². The van der Waals surface area contributed by atoms with Gasteiger partial charge in [0, 0.05) is 63.9 Å². The molecule has 3 aliphatic heterocycles. The van der Waals surface area contributed by atoms with Crippen molar-refractivity contribution in [3.63, 3.8) is 0 Å². The molecule has 4 heterocycles. The highest BCUT2D eigenvalue weighted by Crippen LogP contribution is 2.37. The zero-order valence-electron chi connectivity index (χ0n) is 33.4. The molecule has 3 aromatic carbocycles. The smallest absolute Gasteiger partial charge is 0.262 e. The number of aryl methyl sites for hydroxylation is 1. The first-order valence-electron chi connectivity index (χ1n) is 20.7. The second kappa shape index (κ2) is 17.8. The number of aliphatic hydroxyl groups excluding tert-OH is 1. The van der Waals surface area contributed by atoms with Crippen LogP contribution in [0.3, 0.4) is 0 Å². The average Bonchev–Trinajstić information content (AvgIpc) is 3.71. The van der Waals surface area contributed by atoms with Gasteiger partial charge in [0.15, 0.2) is 0 Å². The van der Waals surface area contributed by atoms with E-state index in [9.17, 15) is 29.1 Å². The van der Waals surface area contributed by atoms with Crippen molar-refractivity contribution >= 4 is 46.5 Å². The molecule has 0 spiro atoms. The fourth-order valence-electron chi connectivity index (χ4n) is 8.73. The summed E-state index contributed by atoms with van der Waals surface area (Å²) in [4.78, 5) is 74.0. The van der Waals surface area contributed by atoms with Crippen LogP contribution >= 0.6 is 0 Å². The highest BCUT2D eigenvalue weighted by atomic mass is 16.5. The molecular weight excluding hydrogens is 755 g/mol. The fourth-order valence-corrected chi connectivity index (χ4v) is 8.73. The number of ether oxygens (including phenoxy) is 2. The van der Waals surface area contributed by atoms with E-state index < -0.39 is 29.7 Å². The standard InChI is InChI=1S/C44H51N7O8/c1-28-3-2-4-31(23-28)40(54)47-44-45-36-24-30(7-12-37(36)50(44)32-8-5-29(27-52)6-9-32)26-49-17-15-48(16-18-49)19-20-58-21-22-59-33-10-11-34-35(25-33)43(57)51(42(34)56)38-13-14-39(53)46-41(38)55/h2-4,7,10-12,23-25,29,32,38,52H,5-6,8-9,13-22,26-27H2,1H3,(H,45,47,54)(H,46,53,55). The highest BCUT2D eigenvalue weighted by molar-refractivity contribution is 6.23. The van der Waals surface area contributed by atoms with E-state index in [-0.39, 0.29) is 49.1 Å². The molecule has 1 aromatic heterocycles. The average molecular weight is 806 g/mol. The Morgan fingerprint density at radius 1 is 0.864 bits per heavy atom. The van der Waals surface area contributed by atoms with Crippen molar-refractivity contribution in [1.82, 2.24) is 29.6 Å². The van der Waals surface area contributed by atoms with E-state index in [1.54, 1.807) is 6.07 Å². The second-order valence-corrected chi connectivity index (χ2v) is 16.0. The minimum atomic E-state index is -1.01. The van der Waals surface area contributed by atoms with Crippen molar-refractivity contribution in [3.8, 4) is 5.75 Å². The largest absolute Gasteiger partial charge is 0.491 e. The Kier molecular flexibility index (Phi) is 12.2. The third kappa shape index (κ3) is 8.93. The lowest BCUT2D eigenvalue weighted by molar-refractivity contribution is -0.136. The van der Waals surface area contributed by atoms with Crippen LogP contribution in [0.25, 0.3) is 11.0 Å². The van der Waals surface area contributed by atoms with Crippen LogP contribution in [-0.2, 0) is 20.9 Å². The number of rotatable bonds is 14. The van der Waals surface area contributed by atoms with E-state index in [0.29, 0.717) is 36.4 Å². The van der Waals surface area contributed by atoms with E-state index in [1.807, 2.05) is 31.2 Å². The number of piperazine rings is 1. The van der Waals surface area contributed by atoms with Gasteiger partial charge < -0.3 is 19.1 Å². The normalized spacial score (nSPS) is 21.5. The number of anilines is 1. The molecule has 0 radical (unpaired) electrons. The number of imidazole rings is 1. The van der Waals surface area contributed by atoms with Crippen LogP contribution < -0.4 is 15.4 Å². The van der Waals surface area contributed by atoms with Crippen LogP contribution in [0, 0.1) is 12.8 Å². The van der Waals surface area contributed by atoms with E-state index in [4.69, 9.17) is 14.5 Å². The molecule has 2 saturated heterocycles. The van der Waals surface area contributed by atoms with Gasteiger partial charge >= 0.3 is 0 Å². The maximum atomic E-state index is 13.4. The van der Waals surface area contributed by atoms with Gasteiger partial charge in [0.1, 0.15) is 18.4 Å². The second-order valence-electron chi connectivity index (χ2n) is 16.0. The Bertz CT molecular complexity index is 2240. The molecule has 4 aliphatic rings. The maximum absolute atomic E-state index is 13.4. The first-order chi connectivity index (χ1) is 28.6. The molecule has 3 fully saturated rings. The summed E-state index contributed by atoms with van der Waals surface area (Å²) in [7, 11) is 0. The monoisotopic (exact) mass is 805 g/mol. The zero-order chi connectivity index (χ0) is 41.0. The molecule has 1 aliphatic carbocycles. The Balaban J connectivity index is 0.793. The van der Waals surface area contributed by atoms with Crippen molar-refractivity contribution in [1.29, 1.82) is 0 Å². The van der Waals surface area contributed by atoms with Crippen molar-refractivity contribution in [3.05, 3.63) is 88.5 Å². The van der Waals surface area contributed by atoms with E-state index in [1.165, 1.54) is 17.7 Å². The van der Waals surface area contributed by atoms with E-state index in [2.05, 4.69) is 43.2 Å². The number of nitrogens with one attached hydrogen (secondary N) is 2. The molecule has 4 aromatic rings. The summed E-state index contributed by atoms with van der Waals surface area (Å²) in [5, 5.41) is 15.1. The third-order valence-corrected chi connectivity index (χ3v) is 12.0. The van der Waals surface area contributed by atoms with Crippen molar-refractivity contribution in [2.45, 2.75) is 64.1 Å². The van der Waals surface area contributed by atoms with Gasteiger partial charge in [-0.15, -0.1) is 0 Å². The summed E-state index contributed by atoms with van der Waals surface area (Å²) in [5.41, 5.74) is 5.05. The summed E-state index contributed by atoms with van der Waals surface area (Å²) in [6.07, 6.45) is 3.90. The van der Waals surface area contributed by atoms with Crippen molar-refractivity contribution in [2.24, 2.45) is 5.92 Å². The number of hydrogen-bond donors (Lipinski definition) is 3. The van der Waals surface area contributed by atoms with Gasteiger partial charge in [-0.2, -0.15) is 0 Å². The van der Waals surface area contributed by atoms with E-state index >= 15 is 0 Å². The van der Waals surface area contributed by atoms with Crippen LogP contribution in [0.15, 0.2) is 60.7 Å². The molecule has 310 valence electrons. The fraction of sp³-hybridized carbons (Fsp3) is 0.455. The first-order valence-corrected chi connectivity index (χ1v) is 20.7. The number of nitrogens with zero attached hydrogens (tertiary/aromatic N) is 5. The lowest BCUT2D eigenvalue weighted by Gasteiger charge is -2.34. The minimum absolute atomic E-state index is 0.0660. The van der Waals surface area contributed by atoms with Gasteiger partial charge in [-0.1, -0.05) is 23.8 Å². The molecule has 15 nitrogen and oxygen atoms in total. The number of imide groups is 2. The molecule has 1 saturated carbocycles. The first kappa shape index (κ1) is 40.3. The Hall–Kier alpha value is -5.48. The number of aliphatic hydroxyl groups is 1. The zero-order valence-corrected chi connectivity index (χ0v) is 33.4. The number of hydrogen-bond acceptors (Lipinski definition) is 11. The summed E-state index contributed by atoms with van der Waals surface area (Å²) in [6.45, 7) is 8.61. The number of benzene rings is 3. The molecule has 1 unspecified atom stereocenters. The number of aromatic nitrogens is 2. The Morgan fingerprint density at radius 3 is 2.41 bits per heavy atom. The van der Waals surface area contributed by atoms with Crippen molar-refractivity contribution < 1.29 is 38.6 Å². The minimum Gasteiger partial charge on any atom is -0.491 e. The van der Waals surface area contributed by atoms with Crippen LogP contribution in [0.2, 0.25) is 0 Å². The van der Waals surface area contributed by atoms with Crippen LogP contribution in [-0.4, -0.2) is 124 Å². The maximum Gasteiger partial charge on any atom is 0.262 e. The lowest BCUT2D eigenvalue weighted by atomic mass is 9.86. The molecule has 0 bridgehead atoms. The summed E-state index contributed by atoms with van der Waals surface area (Å²) < 4.78 is 13.9. The van der Waals surface area contributed by atoms with Crippen molar-refractivity contribution in [2.75, 3.05) is 64.5 Å². The molecule has 3 N–H and O–H groups in total. The molecular formula is C44H51N7O8. The SMILES string of the molecule is Cc1cccc(C(=O)Nc2nc3cc(CN4CCN(CCOCCOc5ccc6c(c5)C(=O)N(C5CCC(=O)NC5=O)C6=O)CC4)ccc3n2C2CCC(CO)CC2)c1. The van der Waals surface area contributed by atoms with Crippen LogP contribution in [0.1, 0.15) is 86.8 Å². The van der Waals surface area contributed by atoms with Gasteiger partial charge in [-0.25, -0.2) is 4.98 Å². The van der Waals surface area contributed by atoms with Gasteiger partial charge in [-0.3, -0.25) is 49.3 Å². The molecule has 59 heavy (non-hydrogen) atoms. The van der Waals surface area contributed by atoms with Crippen LogP contribution in [0.4, 0.5) is 5.95 Å². The van der Waals surface area contributed by atoms with E-state index in [0.717, 1.165) is 86.4 Å². The predicted octanol–water partition coefficient (Wildman–Crippen LogP) is 3.94. The van der Waals surface area contributed by atoms with Gasteiger partial charge in [-0.05, 0) is 93.0 Å². The predicted molar refractivity (Wildman–Crippen MR) is 218 cm³/mol. The molecule has 15 heteroatoms. The Morgan fingerprint density at radius 2 is 1.64 bits per heavy atom. The summed E-state index contributed by atoms with van der Waals surface area (Å²) in [6, 6.07) is 17.9. The van der Waals surface area contributed by atoms with Crippen LogP contribution in [0.5, 0.6) is 5.75 Å². The number of fused-ring (bicyclic) bond motifs is 2. The summed E-state index contributed by atoms with van der Waals surface area (Å²) in [5.74, 6) is -1.05. The third-order valence-electron chi connectivity index (χ3n) is 12.0. The van der Waals surface area contributed by atoms with Gasteiger partial charge in [0.05, 0.1) is 35.4 Å².